The molecule has 4 heavy (non-hydrogen) atoms. The second-order valence-corrected chi connectivity index (χ2v) is 0.250. The molecule has 0 aliphatic heterocycles. The Balaban J connectivity index is 0. The van der Waals surface area contributed by atoms with E-state index in [9.17, 15) is 0 Å². The fourth-order valence-electron chi connectivity index (χ4n) is 0. The van der Waals surface area contributed by atoms with Crippen molar-refractivity contribution in [2.24, 2.45) is 0 Å². The van der Waals surface area contributed by atoms with E-state index in [2.05, 4.69) is 18.9 Å². The fourth-order valence-corrected chi connectivity index (χ4v) is 0. The summed E-state index contributed by atoms with van der Waals surface area (Å²) in [6, 6.07) is 0. The van der Waals surface area contributed by atoms with Crippen LogP contribution in [0.4, 0.5) is 0 Å². The molecule has 23 valence electrons. The van der Waals surface area contributed by atoms with Crippen molar-refractivity contribution in [1.29, 1.82) is 0 Å². The molecule has 0 amide bonds. The van der Waals surface area contributed by atoms with E-state index in [1.807, 2.05) is 0 Å². The predicted molar refractivity (Wildman–Crippen MR) is 14.8 cm³/mol. The Morgan fingerprint density at radius 2 is 1.25 bits per heavy atom. The Hall–Kier alpha value is 0.0395. The van der Waals surface area contributed by atoms with Crippen molar-refractivity contribution in [3.05, 3.63) is 18.9 Å². The molecule has 1 heteroatoms. The van der Waals surface area contributed by atoms with Gasteiger partial charge in [-0.3, -0.25) is 0 Å². The van der Waals surface area contributed by atoms with Gasteiger partial charge in [0.15, 0.2) is 0 Å². The smallest absolute Gasteiger partial charge is 0 e. The van der Waals surface area contributed by atoms with Crippen LogP contribution in [-0.4, -0.2) is 0 Å². The monoisotopic (exact) mass is 95.0 g/mol. The van der Waals surface area contributed by atoms with Gasteiger partial charge in [-0.25, -0.2) is 0 Å². The average molecular weight is 95.0 g/mol. The van der Waals surface area contributed by atoms with Gasteiger partial charge in [-0.1, -0.05) is 13.2 Å². The third-order valence-corrected chi connectivity index (χ3v) is 0. The molecule has 1 radical (unpaired) electrons. The summed E-state index contributed by atoms with van der Waals surface area (Å²) < 4.78 is 0. The van der Waals surface area contributed by atoms with Gasteiger partial charge in [0.2, 0.25) is 0 Å². The van der Waals surface area contributed by atoms with Crippen LogP contribution in [0.3, 0.4) is 0 Å². The molecule has 0 saturated heterocycles. The largest absolute Gasteiger partial charge is 0.137 e. The molecule has 0 bridgehead atoms. The Bertz CT molecular complexity index is 24.3. The van der Waals surface area contributed by atoms with Crippen LogP contribution in [0.2, 0.25) is 0 Å². The maximum absolute atomic E-state index is 3.12. The third kappa shape index (κ3) is 1410. The van der Waals surface area contributed by atoms with E-state index < -0.39 is 0 Å². The molecule has 0 saturated carbocycles. The molecule has 0 heterocycles. The van der Waals surface area contributed by atoms with Gasteiger partial charge in [0.1, 0.15) is 0 Å². The number of hydrogen-bond acceptors (Lipinski definition) is 0. The quantitative estimate of drug-likeness (QED) is 0.310. The SMILES string of the molecule is C=C=C.[Mn]. The number of hydrogen-bond donors (Lipinski definition) is 0. The Morgan fingerprint density at radius 1 is 1.25 bits per heavy atom. The van der Waals surface area contributed by atoms with Gasteiger partial charge in [-0.15, -0.1) is 5.73 Å². The molecule has 0 atom stereocenters. The minimum atomic E-state index is 0. The zero-order valence-electron chi connectivity index (χ0n) is 2.29. The molecule has 0 aliphatic carbocycles. The van der Waals surface area contributed by atoms with E-state index in [4.69, 9.17) is 0 Å². The molecule has 0 aromatic rings. The first-order chi connectivity index (χ1) is 1.41. The van der Waals surface area contributed by atoms with Crippen molar-refractivity contribution in [3.8, 4) is 0 Å². The molecule has 0 aromatic heterocycles. The number of rotatable bonds is 0. The van der Waals surface area contributed by atoms with Crippen molar-refractivity contribution >= 4 is 0 Å². The first kappa shape index (κ1) is 8.97. The minimum Gasteiger partial charge on any atom is -0.137 e. The summed E-state index contributed by atoms with van der Waals surface area (Å²) in [6.45, 7) is 6.25. The van der Waals surface area contributed by atoms with Crippen molar-refractivity contribution in [3.63, 3.8) is 0 Å². The molecule has 0 spiro atoms. The van der Waals surface area contributed by atoms with Crippen LogP contribution < -0.4 is 0 Å². The van der Waals surface area contributed by atoms with Gasteiger partial charge in [0, 0.05) is 17.1 Å². The second kappa shape index (κ2) is 11.7. The van der Waals surface area contributed by atoms with Gasteiger partial charge < -0.3 is 0 Å². The molecule has 0 nitrogen and oxygen atoms in total. The Kier molecular flexibility index (Phi) is 26.2. The topological polar surface area (TPSA) is 0 Å². The minimum absolute atomic E-state index is 0. The van der Waals surface area contributed by atoms with E-state index in [0.29, 0.717) is 0 Å². The van der Waals surface area contributed by atoms with Crippen molar-refractivity contribution < 1.29 is 17.1 Å². The summed E-state index contributed by atoms with van der Waals surface area (Å²) in [5.74, 6) is 0. The molecule has 0 aromatic carbocycles. The van der Waals surface area contributed by atoms with Gasteiger partial charge in [-0.2, -0.15) is 0 Å². The van der Waals surface area contributed by atoms with Crippen LogP contribution in [0, 0.1) is 0 Å². The van der Waals surface area contributed by atoms with E-state index in [1.165, 1.54) is 0 Å². The van der Waals surface area contributed by atoms with Gasteiger partial charge in [0.25, 0.3) is 0 Å². The predicted octanol–water partition coefficient (Wildman–Crippen LogP) is 0.955. The molecule has 0 N–H and O–H groups in total. The average Bonchev–Trinajstić information content (AvgIpc) is 0.918. The van der Waals surface area contributed by atoms with E-state index >= 15 is 0 Å². The Labute approximate surface area is 36.7 Å². The molecular weight excluding hydrogens is 91.0 g/mol. The molecule has 0 fully saturated rings. The van der Waals surface area contributed by atoms with Crippen molar-refractivity contribution in [2.45, 2.75) is 0 Å². The first-order valence-corrected chi connectivity index (χ1v) is 0.707. The van der Waals surface area contributed by atoms with Gasteiger partial charge >= 0.3 is 0 Å². The van der Waals surface area contributed by atoms with E-state index in [0.717, 1.165) is 0 Å². The fraction of sp³-hybridized carbons (Fsp3) is 0. The Morgan fingerprint density at radius 3 is 1.25 bits per heavy atom. The van der Waals surface area contributed by atoms with E-state index in [-0.39, 0.29) is 17.1 Å². The summed E-state index contributed by atoms with van der Waals surface area (Å²) in [5, 5.41) is 0. The summed E-state index contributed by atoms with van der Waals surface area (Å²) in [4.78, 5) is 0. The summed E-state index contributed by atoms with van der Waals surface area (Å²) in [6.07, 6.45) is 0. The van der Waals surface area contributed by atoms with Crippen LogP contribution >= 0.6 is 0 Å². The summed E-state index contributed by atoms with van der Waals surface area (Å²) >= 11 is 0. The molecule has 0 unspecified atom stereocenters. The van der Waals surface area contributed by atoms with Crippen LogP contribution in [0.1, 0.15) is 0 Å². The molecule has 0 rings (SSSR count). The zero-order chi connectivity index (χ0) is 2.71. The maximum Gasteiger partial charge on any atom is 0 e. The van der Waals surface area contributed by atoms with Gasteiger partial charge in [0.05, 0.1) is 0 Å². The molecule has 0 aliphatic rings. The summed E-state index contributed by atoms with van der Waals surface area (Å²) in [7, 11) is 0. The van der Waals surface area contributed by atoms with E-state index in [1.54, 1.807) is 0 Å². The summed E-state index contributed by atoms with van der Waals surface area (Å²) in [5.41, 5.74) is 2.25. The molecular formula is C3H4Mn. The van der Waals surface area contributed by atoms with Gasteiger partial charge in [-0.05, 0) is 0 Å². The third-order valence-electron chi connectivity index (χ3n) is 0. The standard InChI is InChI=1S/C3H4.Mn/c1-3-2;/h1-2H2;. The normalized spacial score (nSPS) is 2.00. The van der Waals surface area contributed by atoms with Crippen LogP contribution in [0.25, 0.3) is 0 Å². The van der Waals surface area contributed by atoms with Crippen molar-refractivity contribution in [2.75, 3.05) is 0 Å². The van der Waals surface area contributed by atoms with Crippen LogP contribution in [-0.2, 0) is 17.1 Å². The first-order valence-electron chi connectivity index (χ1n) is 0.707. The maximum atomic E-state index is 3.12. The zero-order valence-corrected chi connectivity index (χ0v) is 3.47. The second-order valence-electron chi connectivity index (χ2n) is 0.250. The van der Waals surface area contributed by atoms with Crippen LogP contribution in [0.5, 0.6) is 0 Å². The van der Waals surface area contributed by atoms with Crippen LogP contribution in [0.15, 0.2) is 18.9 Å². The van der Waals surface area contributed by atoms with Crippen molar-refractivity contribution in [1.82, 2.24) is 0 Å².